The van der Waals surface area contributed by atoms with Gasteiger partial charge in [0.1, 0.15) is 0 Å². The zero-order valence-electron chi connectivity index (χ0n) is 7.46. The quantitative estimate of drug-likeness (QED) is 0.657. The van der Waals surface area contributed by atoms with Crippen molar-refractivity contribution in [3.8, 4) is 0 Å². The van der Waals surface area contributed by atoms with Crippen LogP contribution < -0.4 is 0 Å². The van der Waals surface area contributed by atoms with Crippen molar-refractivity contribution in [2.75, 3.05) is 31.1 Å². The highest BCUT2D eigenvalue weighted by molar-refractivity contribution is 8.76. The second-order valence-corrected chi connectivity index (χ2v) is 5.76. The molecule has 0 saturated carbocycles. The molecule has 1 rings (SSSR count). The highest BCUT2D eigenvalue weighted by atomic mass is 33.1. The highest BCUT2D eigenvalue weighted by Crippen LogP contribution is 2.23. The summed E-state index contributed by atoms with van der Waals surface area (Å²) in [5.74, 6) is 2.37. The summed E-state index contributed by atoms with van der Waals surface area (Å²) in [5, 5.41) is 0. The molecule has 0 aromatic heterocycles. The fourth-order valence-corrected chi connectivity index (χ4v) is 3.20. The molecular weight excluding hydrogens is 193 g/mol. The first kappa shape index (κ1) is 10.7. The predicted octanol–water partition coefficient (Wildman–Crippen LogP) is 2.43. The van der Waals surface area contributed by atoms with Gasteiger partial charge in [0.25, 0.3) is 0 Å². The summed E-state index contributed by atoms with van der Waals surface area (Å²) in [7, 11) is 3.87. The number of rotatable bonds is 3. The highest BCUT2D eigenvalue weighted by Gasteiger charge is 2.10. The van der Waals surface area contributed by atoms with E-state index in [-0.39, 0.29) is 0 Å². The van der Waals surface area contributed by atoms with Crippen molar-refractivity contribution in [2.24, 2.45) is 0 Å². The summed E-state index contributed by atoms with van der Waals surface area (Å²) >= 11 is 0. The van der Waals surface area contributed by atoms with Crippen LogP contribution in [-0.2, 0) is 0 Å². The molecule has 1 atom stereocenters. The molecule has 0 bridgehead atoms. The van der Waals surface area contributed by atoms with E-state index in [4.69, 9.17) is 0 Å². The Bertz CT molecular complexity index is 114. The second-order valence-electron chi connectivity index (χ2n) is 3.06. The summed E-state index contributed by atoms with van der Waals surface area (Å²) in [6.07, 6.45) is 0.0450. The zero-order chi connectivity index (χ0) is 8.81. The van der Waals surface area contributed by atoms with Gasteiger partial charge in [0.15, 0.2) is 0 Å². The Labute approximate surface area is 81.9 Å². The molecule has 72 valence electrons. The number of halogens is 1. The number of hydrogen-bond donors (Lipinski definition) is 0. The van der Waals surface area contributed by atoms with Crippen LogP contribution in [0, 0.1) is 0 Å². The van der Waals surface area contributed by atoms with Crippen molar-refractivity contribution in [1.29, 1.82) is 0 Å². The van der Waals surface area contributed by atoms with E-state index in [0.717, 1.165) is 19.6 Å². The van der Waals surface area contributed by atoms with E-state index in [2.05, 4.69) is 4.90 Å². The van der Waals surface area contributed by atoms with E-state index >= 15 is 0 Å². The Balaban J connectivity index is 2.12. The minimum atomic E-state index is -0.645. The van der Waals surface area contributed by atoms with Crippen LogP contribution in [0.1, 0.15) is 13.3 Å². The fourth-order valence-electron chi connectivity index (χ4n) is 1.15. The van der Waals surface area contributed by atoms with E-state index in [0.29, 0.717) is 6.42 Å². The Morgan fingerprint density at radius 2 is 1.92 bits per heavy atom. The van der Waals surface area contributed by atoms with Crippen LogP contribution in [0.3, 0.4) is 0 Å². The molecule has 0 aromatic rings. The van der Waals surface area contributed by atoms with Crippen molar-refractivity contribution in [3.63, 3.8) is 0 Å². The van der Waals surface area contributed by atoms with Gasteiger partial charge in [-0.15, -0.1) is 0 Å². The van der Waals surface area contributed by atoms with Crippen molar-refractivity contribution in [2.45, 2.75) is 19.5 Å². The molecule has 4 heteroatoms. The molecular formula is C8H16FNS2. The van der Waals surface area contributed by atoms with Gasteiger partial charge in [-0.3, -0.25) is 0 Å². The van der Waals surface area contributed by atoms with Gasteiger partial charge in [0.05, 0.1) is 6.17 Å². The molecule has 1 saturated heterocycles. The van der Waals surface area contributed by atoms with E-state index in [1.807, 2.05) is 21.6 Å². The summed E-state index contributed by atoms with van der Waals surface area (Å²) in [6.45, 7) is 4.83. The van der Waals surface area contributed by atoms with Gasteiger partial charge in [-0.2, -0.15) is 0 Å². The van der Waals surface area contributed by atoms with Crippen LogP contribution in [0.5, 0.6) is 0 Å². The maximum absolute atomic E-state index is 12.5. The summed E-state index contributed by atoms with van der Waals surface area (Å²) in [5.41, 5.74) is 0. The minimum absolute atomic E-state index is 0.645. The third kappa shape index (κ3) is 4.58. The summed E-state index contributed by atoms with van der Waals surface area (Å²) < 4.78 is 12.5. The molecule has 1 fully saturated rings. The third-order valence-corrected chi connectivity index (χ3v) is 4.27. The lowest BCUT2D eigenvalue weighted by molar-refractivity contribution is 0.252. The van der Waals surface area contributed by atoms with Crippen LogP contribution in [-0.4, -0.2) is 42.2 Å². The molecule has 0 aliphatic carbocycles. The monoisotopic (exact) mass is 209 g/mol. The van der Waals surface area contributed by atoms with Crippen LogP contribution in [0.15, 0.2) is 0 Å². The van der Waals surface area contributed by atoms with Gasteiger partial charge in [-0.25, -0.2) is 4.39 Å². The smallest absolute Gasteiger partial charge is 0.0985 e. The lowest BCUT2D eigenvalue weighted by atomic mass is 10.3. The summed E-state index contributed by atoms with van der Waals surface area (Å²) in [6, 6.07) is 0. The topological polar surface area (TPSA) is 3.24 Å². The number of nitrogens with zero attached hydrogens (tertiary/aromatic N) is 1. The van der Waals surface area contributed by atoms with E-state index in [1.54, 1.807) is 6.92 Å². The van der Waals surface area contributed by atoms with E-state index < -0.39 is 6.17 Å². The maximum atomic E-state index is 12.5. The number of alkyl halides is 1. The largest absolute Gasteiger partial charge is 0.302 e. The van der Waals surface area contributed by atoms with Crippen LogP contribution in [0.4, 0.5) is 4.39 Å². The molecule has 1 aliphatic rings. The Hall–Kier alpha value is 0.590. The normalized spacial score (nSPS) is 23.5. The van der Waals surface area contributed by atoms with Crippen LogP contribution in [0.2, 0.25) is 0 Å². The van der Waals surface area contributed by atoms with Gasteiger partial charge in [0.2, 0.25) is 0 Å². The Morgan fingerprint density at radius 3 is 2.42 bits per heavy atom. The van der Waals surface area contributed by atoms with Crippen LogP contribution in [0.25, 0.3) is 0 Å². The van der Waals surface area contributed by atoms with E-state index in [1.165, 1.54) is 11.5 Å². The lowest BCUT2D eigenvalue weighted by Gasteiger charge is -2.18. The third-order valence-electron chi connectivity index (χ3n) is 1.91. The molecule has 0 N–H and O–H groups in total. The molecule has 12 heavy (non-hydrogen) atoms. The predicted molar refractivity (Wildman–Crippen MR) is 56.5 cm³/mol. The molecule has 1 unspecified atom stereocenters. The van der Waals surface area contributed by atoms with Gasteiger partial charge in [-0.05, 0) is 13.3 Å². The van der Waals surface area contributed by atoms with Crippen molar-refractivity contribution < 1.29 is 4.39 Å². The summed E-state index contributed by atoms with van der Waals surface area (Å²) in [4.78, 5) is 2.36. The van der Waals surface area contributed by atoms with Gasteiger partial charge in [0, 0.05) is 31.1 Å². The second kappa shape index (κ2) is 6.11. The lowest BCUT2D eigenvalue weighted by Crippen LogP contribution is -2.29. The van der Waals surface area contributed by atoms with Crippen molar-refractivity contribution >= 4 is 21.6 Å². The first-order chi connectivity index (χ1) is 5.79. The first-order valence-electron chi connectivity index (χ1n) is 4.40. The Kier molecular flexibility index (Phi) is 5.43. The van der Waals surface area contributed by atoms with Gasteiger partial charge >= 0.3 is 0 Å². The van der Waals surface area contributed by atoms with Crippen molar-refractivity contribution in [1.82, 2.24) is 4.90 Å². The van der Waals surface area contributed by atoms with Crippen molar-refractivity contribution in [3.05, 3.63) is 0 Å². The molecule has 0 spiro atoms. The molecule has 0 amide bonds. The Morgan fingerprint density at radius 1 is 1.33 bits per heavy atom. The first-order valence-corrected chi connectivity index (χ1v) is 6.88. The molecule has 1 nitrogen and oxygen atoms in total. The van der Waals surface area contributed by atoms with E-state index in [9.17, 15) is 4.39 Å². The van der Waals surface area contributed by atoms with Gasteiger partial charge < -0.3 is 4.90 Å². The standard InChI is InChI=1S/C8H16FNS2/c1-8(9)2-3-10-4-6-11-12-7-5-10/h8H,2-7H2,1H3. The SMILES string of the molecule is CC(F)CCN1CCSSCC1. The zero-order valence-corrected chi connectivity index (χ0v) is 9.09. The van der Waals surface area contributed by atoms with Crippen LogP contribution >= 0.6 is 21.6 Å². The minimum Gasteiger partial charge on any atom is -0.302 e. The number of hydrogen-bond acceptors (Lipinski definition) is 3. The maximum Gasteiger partial charge on any atom is 0.0985 e. The molecule has 0 aromatic carbocycles. The average Bonchev–Trinajstić information content (AvgIpc) is 2.28. The average molecular weight is 209 g/mol. The fraction of sp³-hybridized carbons (Fsp3) is 1.00. The molecule has 1 heterocycles. The molecule has 0 radical (unpaired) electrons. The van der Waals surface area contributed by atoms with Gasteiger partial charge in [-0.1, -0.05) is 21.6 Å². The molecule has 1 aliphatic heterocycles.